The Balaban J connectivity index is 2.89. The fourth-order valence-electron chi connectivity index (χ4n) is 0.893. The summed E-state index contributed by atoms with van der Waals surface area (Å²) in [5.41, 5.74) is 2.42. The van der Waals surface area contributed by atoms with Gasteiger partial charge in [0.15, 0.2) is 0 Å². The van der Waals surface area contributed by atoms with Gasteiger partial charge in [-0.2, -0.15) is 0 Å². The van der Waals surface area contributed by atoms with Crippen LogP contribution in [0.1, 0.15) is 11.1 Å². The highest BCUT2D eigenvalue weighted by Gasteiger charge is 1.93. The van der Waals surface area contributed by atoms with E-state index in [9.17, 15) is 0 Å². The van der Waals surface area contributed by atoms with E-state index in [0.29, 0.717) is 5.88 Å². The number of hydrogen-bond donors (Lipinski definition) is 0. The van der Waals surface area contributed by atoms with Crippen LogP contribution in [0.3, 0.4) is 0 Å². The summed E-state index contributed by atoms with van der Waals surface area (Å²) in [6.45, 7) is 2.07. The van der Waals surface area contributed by atoms with Gasteiger partial charge in [-0.25, -0.2) is 0 Å². The second-order valence-electron chi connectivity index (χ2n) is 2.57. The maximum Gasteiger partial charge on any atom is 0.0407 e. The molecule has 0 fully saturated rings. The van der Waals surface area contributed by atoms with Crippen molar-refractivity contribution >= 4 is 33.6 Å². The molecule has 0 aliphatic heterocycles. The minimum absolute atomic E-state index is 0.561. The molecular weight excluding hydrogens is 235 g/mol. The predicted octanol–water partition coefficient (Wildman–Crippen LogP) is 4.01. The monoisotopic (exact) mass is 244 g/mol. The fourth-order valence-corrected chi connectivity index (χ4v) is 1.38. The zero-order valence-electron chi connectivity index (χ0n) is 6.85. The summed E-state index contributed by atoms with van der Waals surface area (Å²) in [4.78, 5) is 0. The molecule has 1 rings (SSSR count). The van der Waals surface area contributed by atoms with E-state index in [1.165, 1.54) is 11.1 Å². The maximum absolute atomic E-state index is 5.52. The van der Waals surface area contributed by atoms with E-state index in [1.807, 2.05) is 12.2 Å². The molecule has 0 amide bonds. The second-order valence-corrected chi connectivity index (χ2v) is 3.73. The molecule has 0 spiro atoms. The quantitative estimate of drug-likeness (QED) is 0.691. The van der Waals surface area contributed by atoms with Crippen LogP contribution in [0.5, 0.6) is 0 Å². The smallest absolute Gasteiger partial charge is 0.0407 e. The minimum Gasteiger partial charge on any atom is -0.122 e. The molecule has 64 valence electrons. The van der Waals surface area contributed by atoms with Gasteiger partial charge in [0.1, 0.15) is 0 Å². The summed E-state index contributed by atoms with van der Waals surface area (Å²) in [7, 11) is 0. The van der Waals surface area contributed by atoms with Crippen molar-refractivity contribution in [1.29, 1.82) is 0 Å². The number of halogens is 2. The van der Waals surface area contributed by atoms with Crippen LogP contribution in [0.25, 0.3) is 6.08 Å². The lowest BCUT2D eigenvalue weighted by molar-refractivity contribution is 1.42. The molecule has 0 radical (unpaired) electrons. The fraction of sp³-hybridized carbons (Fsp3) is 0.200. The minimum atomic E-state index is 0.561. The van der Waals surface area contributed by atoms with Crippen molar-refractivity contribution in [3.8, 4) is 0 Å². The van der Waals surface area contributed by atoms with E-state index < -0.39 is 0 Å². The molecule has 0 aromatic heterocycles. The molecule has 0 unspecified atom stereocenters. The van der Waals surface area contributed by atoms with Gasteiger partial charge in [0.05, 0.1) is 0 Å². The molecule has 2 heteroatoms. The number of benzene rings is 1. The van der Waals surface area contributed by atoms with Crippen LogP contribution in [-0.2, 0) is 0 Å². The lowest BCUT2D eigenvalue weighted by Gasteiger charge is -1.98. The zero-order valence-corrected chi connectivity index (χ0v) is 9.19. The molecule has 0 bridgehead atoms. The van der Waals surface area contributed by atoms with E-state index in [-0.39, 0.29) is 0 Å². The molecule has 0 heterocycles. The third kappa shape index (κ3) is 2.65. The Kier molecular flexibility index (Phi) is 3.83. The summed E-state index contributed by atoms with van der Waals surface area (Å²) in [5, 5.41) is 0. The van der Waals surface area contributed by atoms with Crippen LogP contribution < -0.4 is 0 Å². The van der Waals surface area contributed by atoms with Gasteiger partial charge < -0.3 is 0 Å². The van der Waals surface area contributed by atoms with Gasteiger partial charge in [-0.3, -0.25) is 0 Å². The molecule has 0 nitrogen and oxygen atoms in total. The maximum atomic E-state index is 5.52. The Labute approximate surface area is 86.4 Å². The van der Waals surface area contributed by atoms with Crippen molar-refractivity contribution in [2.24, 2.45) is 0 Å². The molecule has 0 aliphatic carbocycles. The van der Waals surface area contributed by atoms with Crippen LogP contribution in [0.2, 0.25) is 0 Å². The molecule has 0 N–H and O–H groups in total. The van der Waals surface area contributed by atoms with Gasteiger partial charge in [-0.15, -0.1) is 11.6 Å². The van der Waals surface area contributed by atoms with Crippen molar-refractivity contribution in [3.63, 3.8) is 0 Å². The molecule has 0 saturated heterocycles. The Morgan fingerprint density at radius 1 is 1.50 bits per heavy atom. The van der Waals surface area contributed by atoms with E-state index in [1.54, 1.807) is 0 Å². The average Bonchev–Trinajstić information content (AvgIpc) is 2.07. The van der Waals surface area contributed by atoms with Crippen molar-refractivity contribution in [3.05, 3.63) is 39.9 Å². The third-order valence-electron chi connectivity index (χ3n) is 1.60. The van der Waals surface area contributed by atoms with Crippen LogP contribution in [0.4, 0.5) is 0 Å². The van der Waals surface area contributed by atoms with E-state index in [2.05, 4.69) is 41.1 Å². The number of allylic oxidation sites excluding steroid dienone is 1. The van der Waals surface area contributed by atoms with Crippen LogP contribution in [0.15, 0.2) is 28.7 Å². The molecule has 1 aromatic rings. The van der Waals surface area contributed by atoms with Gasteiger partial charge in [0.25, 0.3) is 0 Å². The highest BCUT2D eigenvalue weighted by molar-refractivity contribution is 9.10. The van der Waals surface area contributed by atoms with Crippen molar-refractivity contribution in [2.75, 3.05) is 5.88 Å². The van der Waals surface area contributed by atoms with Crippen LogP contribution >= 0.6 is 27.5 Å². The molecule has 0 atom stereocenters. The zero-order chi connectivity index (χ0) is 8.97. The van der Waals surface area contributed by atoms with Gasteiger partial charge in [-0.05, 0) is 24.1 Å². The van der Waals surface area contributed by atoms with Gasteiger partial charge in [0, 0.05) is 10.4 Å². The topological polar surface area (TPSA) is 0 Å². The molecule has 12 heavy (non-hydrogen) atoms. The van der Waals surface area contributed by atoms with Crippen molar-refractivity contribution in [2.45, 2.75) is 6.92 Å². The SMILES string of the molecule is Cc1ccc(/C=C/CCl)cc1Br. The predicted molar refractivity (Wildman–Crippen MR) is 58.6 cm³/mol. The Bertz CT molecular complexity index is 292. The first kappa shape index (κ1) is 9.82. The number of rotatable bonds is 2. The lowest BCUT2D eigenvalue weighted by Crippen LogP contribution is -1.77. The van der Waals surface area contributed by atoms with Gasteiger partial charge in [-0.1, -0.05) is 40.2 Å². The lowest BCUT2D eigenvalue weighted by atomic mass is 10.1. The Hall–Kier alpha value is -0.270. The first-order chi connectivity index (χ1) is 5.74. The first-order valence-corrected chi connectivity index (χ1v) is 5.05. The summed E-state index contributed by atoms with van der Waals surface area (Å²) in [5.74, 6) is 0.561. The molecule has 0 aliphatic rings. The average molecular weight is 246 g/mol. The molecule has 0 saturated carbocycles. The Morgan fingerprint density at radius 2 is 2.25 bits per heavy atom. The highest BCUT2D eigenvalue weighted by atomic mass is 79.9. The standard InChI is InChI=1S/C10H10BrCl/c1-8-4-5-9(3-2-6-12)7-10(8)11/h2-5,7H,6H2,1H3/b3-2+. The summed E-state index contributed by atoms with van der Waals surface area (Å²) < 4.78 is 1.14. The summed E-state index contributed by atoms with van der Waals surface area (Å²) in [6.07, 6.45) is 3.94. The highest BCUT2D eigenvalue weighted by Crippen LogP contribution is 2.18. The number of alkyl halides is 1. The van der Waals surface area contributed by atoms with E-state index in [4.69, 9.17) is 11.6 Å². The number of aryl methyl sites for hydroxylation is 1. The van der Waals surface area contributed by atoms with Gasteiger partial charge >= 0.3 is 0 Å². The van der Waals surface area contributed by atoms with E-state index in [0.717, 1.165) is 4.47 Å². The van der Waals surface area contributed by atoms with Crippen molar-refractivity contribution < 1.29 is 0 Å². The first-order valence-electron chi connectivity index (χ1n) is 3.72. The molecular formula is C10H10BrCl. The molecule has 1 aromatic carbocycles. The van der Waals surface area contributed by atoms with Crippen LogP contribution in [0, 0.1) is 6.92 Å². The Morgan fingerprint density at radius 3 is 2.83 bits per heavy atom. The largest absolute Gasteiger partial charge is 0.122 e. The second kappa shape index (κ2) is 4.68. The van der Waals surface area contributed by atoms with Crippen molar-refractivity contribution in [1.82, 2.24) is 0 Å². The van der Waals surface area contributed by atoms with Crippen LogP contribution in [-0.4, -0.2) is 5.88 Å². The summed E-state index contributed by atoms with van der Waals surface area (Å²) in [6, 6.07) is 6.24. The normalized spacial score (nSPS) is 10.9. The van der Waals surface area contributed by atoms with E-state index >= 15 is 0 Å². The van der Waals surface area contributed by atoms with Gasteiger partial charge in [0.2, 0.25) is 0 Å². The number of hydrogen-bond acceptors (Lipinski definition) is 0. The summed E-state index contributed by atoms with van der Waals surface area (Å²) >= 11 is 9.00. The third-order valence-corrected chi connectivity index (χ3v) is 2.63.